The lowest BCUT2D eigenvalue weighted by atomic mass is 10.1. The van der Waals surface area contributed by atoms with E-state index in [1.807, 2.05) is 60.8 Å². The lowest BCUT2D eigenvalue weighted by Gasteiger charge is -2.09. The van der Waals surface area contributed by atoms with Crippen molar-refractivity contribution in [3.8, 4) is 5.75 Å². The molecule has 0 fully saturated rings. The largest absolute Gasteiger partial charge is 0.497 e. The van der Waals surface area contributed by atoms with Crippen molar-refractivity contribution < 1.29 is 9.53 Å². The monoisotopic (exact) mass is 387 g/mol. The molecule has 29 heavy (non-hydrogen) atoms. The molecule has 0 saturated heterocycles. The number of fused-ring (bicyclic) bond motifs is 2. The third kappa shape index (κ3) is 4.09. The molecule has 0 radical (unpaired) electrons. The fourth-order valence-corrected chi connectivity index (χ4v) is 3.19. The zero-order valence-electron chi connectivity index (χ0n) is 15.9. The minimum Gasteiger partial charge on any atom is -0.497 e. The molecule has 146 valence electrons. The molecular formula is C22H21N5O2. The molecule has 0 spiro atoms. The third-order valence-electron chi connectivity index (χ3n) is 4.74. The Kier molecular flexibility index (Phi) is 5.22. The molecule has 0 aliphatic heterocycles. The summed E-state index contributed by atoms with van der Waals surface area (Å²) < 4.78 is 5.21. The number of benzene rings is 2. The second kappa shape index (κ2) is 8.12. The first-order valence-electron chi connectivity index (χ1n) is 9.22. The number of aromatic nitrogens is 2. The van der Waals surface area contributed by atoms with Crippen molar-refractivity contribution >= 4 is 33.9 Å². The average Bonchev–Trinajstić information content (AvgIpc) is 3.16. The molecule has 0 aliphatic carbocycles. The van der Waals surface area contributed by atoms with E-state index < -0.39 is 6.04 Å². The number of H-pyrrole nitrogens is 1. The van der Waals surface area contributed by atoms with Gasteiger partial charge in [0.05, 0.1) is 30.6 Å². The highest BCUT2D eigenvalue weighted by Crippen LogP contribution is 2.20. The molecule has 4 N–H and O–H groups in total. The normalized spacial score (nSPS) is 12.5. The van der Waals surface area contributed by atoms with E-state index in [1.54, 1.807) is 7.11 Å². The van der Waals surface area contributed by atoms with Gasteiger partial charge in [-0.2, -0.15) is 5.10 Å². The molecule has 0 saturated carbocycles. The van der Waals surface area contributed by atoms with Crippen molar-refractivity contribution in [2.45, 2.75) is 12.5 Å². The topological polar surface area (TPSA) is 105 Å². The van der Waals surface area contributed by atoms with E-state index in [-0.39, 0.29) is 5.91 Å². The summed E-state index contributed by atoms with van der Waals surface area (Å²) in [5, 5.41) is 6.03. The predicted molar refractivity (Wildman–Crippen MR) is 114 cm³/mol. The van der Waals surface area contributed by atoms with Gasteiger partial charge >= 0.3 is 0 Å². The van der Waals surface area contributed by atoms with Crippen LogP contribution in [0.5, 0.6) is 5.75 Å². The Balaban J connectivity index is 1.39. The number of amides is 1. The number of carbonyl (C=O) groups excluding carboxylic acids is 1. The van der Waals surface area contributed by atoms with E-state index in [0.717, 1.165) is 33.1 Å². The Morgan fingerprint density at radius 3 is 3.00 bits per heavy atom. The number of methoxy groups -OCH3 is 1. The molecule has 2 heterocycles. The van der Waals surface area contributed by atoms with Crippen LogP contribution in [0.3, 0.4) is 0 Å². The molecule has 4 aromatic rings. The average molecular weight is 387 g/mol. The van der Waals surface area contributed by atoms with Crippen molar-refractivity contribution in [2.75, 3.05) is 7.11 Å². The fourth-order valence-electron chi connectivity index (χ4n) is 3.19. The van der Waals surface area contributed by atoms with Gasteiger partial charge in [-0.05, 0) is 42.3 Å². The van der Waals surface area contributed by atoms with Gasteiger partial charge in [-0.3, -0.25) is 4.79 Å². The zero-order chi connectivity index (χ0) is 20.2. The van der Waals surface area contributed by atoms with Crippen LogP contribution in [0, 0.1) is 0 Å². The van der Waals surface area contributed by atoms with Crippen molar-refractivity contribution in [3.05, 3.63) is 72.1 Å². The van der Waals surface area contributed by atoms with Crippen LogP contribution in [-0.4, -0.2) is 35.2 Å². The summed E-state index contributed by atoms with van der Waals surface area (Å²) in [6.07, 6.45) is 3.80. The number of hydrazone groups is 1. The Bertz CT molecular complexity index is 1200. The number of pyridine rings is 1. The number of carbonyl (C=O) groups is 1. The van der Waals surface area contributed by atoms with Crippen molar-refractivity contribution in [2.24, 2.45) is 10.8 Å². The van der Waals surface area contributed by atoms with Gasteiger partial charge in [-0.15, -0.1) is 0 Å². The van der Waals surface area contributed by atoms with Crippen LogP contribution in [0.2, 0.25) is 0 Å². The predicted octanol–water partition coefficient (Wildman–Crippen LogP) is 2.74. The Morgan fingerprint density at radius 1 is 1.28 bits per heavy atom. The van der Waals surface area contributed by atoms with Crippen LogP contribution in [0.1, 0.15) is 11.3 Å². The number of hydrogen-bond acceptors (Lipinski definition) is 5. The van der Waals surface area contributed by atoms with Crippen molar-refractivity contribution in [1.82, 2.24) is 15.4 Å². The van der Waals surface area contributed by atoms with E-state index in [0.29, 0.717) is 12.1 Å². The number of hydrogen-bond donors (Lipinski definition) is 3. The van der Waals surface area contributed by atoms with Gasteiger partial charge < -0.3 is 15.5 Å². The third-order valence-corrected chi connectivity index (χ3v) is 4.74. The molecule has 7 nitrogen and oxygen atoms in total. The van der Waals surface area contributed by atoms with Gasteiger partial charge in [0.1, 0.15) is 5.75 Å². The Morgan fingerprint density at radius 2 is 2.14 bits per heavy atom. The number of ether oxygens (including phenoxy) is 1. The highest BCUT2D eigenvalue weighted by molar-refractivity contribution is 5.88. The van der Waals surface area contributed by atoms with Crippen LogP contribution in [-0.2, 0) is 11.2 Å². The molecule has 1 atom stereocenters. The maximum Gasteiger partial charge on any atom is 0.257 e. The van der Waals surface area contributed by atoms with E-state index >= 15 is 0 Å². The second-order valence-corrected chi connectivity index (χ2v) is 6.70. The summed E-state index contributed by atoms with van der Waals surface area (Å²) in [7, 11) is 1.63. The summed E-state index contributed by atoms with van der Waals surface area (Å²) in [5.41, 5.74) is 12.0. The quantitative estimate of drug-likeness (QED) is 0.349. The number of rotatable bonds is 6. The SMILES string of the molecule is COc1ccc2nc(C=NNC(=O)C(N)Cc3c[nH]c4ccccc34)ccc2c1. The molecular weight excluding hydrogens is 366 g/mol. The van der Waals surface area contributed by atoms with Crippen LogP contribution in [0.25, 0.3) is 21.8 Å². The first-order valence-corrected chi connectivity index (χ1v) is 9.22. The summed E-state index contributed by atoms with van der Waals surface area (Å²) in [4.78, 5) is 20.0. The molecule has 0 bridgehead atoms. The fraction of sp³-hybridized carbons (Fsp3) is 0.136. The standard InChI is InChI=1S/C22H21N5O2/c1-29-17-8-9-20-14(10-17)6-7-16(26-20)13-25-27-22(28)19(23)11-15-12-24-21-5-3-2-4-18(15)21/h2-10,12-13,19,24H,11,23H2,1H3,(H,27,28). The van der Waals surface area contributed by atoms with Crippen LogP contribution >= 0.6 is 0 Å². The van der Waals surface area contributed by atoms with E-state index in [4.69, 9.17) is 10.5 Å². The lowest BCUT2D eigenvalue weighted by molar-refractivity contribution is -0.122. The second-order valence-electron chi connectivity index (χ2n) is 6.70. The number of nitrogens with zero attached hydrogens (tertiary/aromatic N) is 2. The van der Waals surface area contributed by atoms with E-state index in [2.05, 4.69) is 20.5 Å². The lowest BCUT2D eigenvalue weighted by Crippen LogP contribution is -2.39. The van der Waals surface area contributed by atoms with Crippen LogP contribution in [0.15, 0.2) is 65.9 Å². The Labute approximate surface area is 167 Å². The van der Waals surface area contributed by atoms with Crippen LogP contribution < -0.4 is 15.9 Å². The van der Waals surface area contributed by atoms with Crippen molar-refractivity contribution in [1.29, 1.82) is 0 Å². The van der Waals surface area contributed by atoms with E-state index in [9.17, 15) is 4.79 Å². The molecule has 2 aromatic heterocycles. The van der Waals surface area contributed by atoms with Gasteiger partial charge in [0.2, 0.25) is 0 Å². The van der Waals surface area contributed by atoms with E-state index in [1.165, 1.54) is 6.21 Å². The highest BCUT2D eigenvalue weighted by atomic mass is 16.5. The number of aromatic amines is 1. The maximum absolute atomic E-state index is 12.3. The first kappa shape index (κ1) is 18.6. The molecule has 2 aromatic carbocycles. The molecule has 7 heteroatoms. The summed E-state index contributed by atoms with van der Waals surface area (Å²) in [6, 6.07) is 16.6. The molecule has 4 rings (SSSR count). The minimum atomic E-state index is -0.705. The Hall–Kier alpha value is -3.71. The van der Waals surface area contributed by atoms with Crippen LogP contribution in [0.4, 0.5) is 0 Å². The highest BCUT2D eigenvalue weighted by Gasteiger charge is 2.15. The van der Waals surface area contributed by atoms with Gasteiger partial charge in [-0.25, -0.2) is 10.4 Å². The van der Waals surface area contributed by atoms with Gasteiger partial charge in [0.25, 0.3) is 5.91 Å². The number of nitrogens with one attached hydrogen (secondary N) is 2. The zero-order valence-corrected chi connectivity index (χ0v) is 15.9. The number of para-hydroxylation sites is 1. The molecule has 0 aliphatic rings. The summed E-state index contributed by atoms with van der Waals surface area (Å²) >= 11 is 0. The molecule has 1 amide bonds. The van der Waals surface area contributed by atoms with Gasteiger partial charge in [0, 0.05) is 22.5 Å². The molecule has 1 unspecified atom stereocenters. The van der Waals surface area contributed by atoms with Gasteiger partial charge in [0.15, 0.2) is 0 Å². The van der Waals surface area contributed by atoms with Gasteiger partial charge in [-0.1, -0.05) is 24.3 Å². The minimum absolute atomic E-state index is 0.350. The maximum atomic E-state index is 12.3. The van der Waals surface area contributed by atoms with Crippen molar-refractivity contribution in [3.63, 3.8) is 0 Å². The first-order chi connectivity index (χ1) is 14.1. The summed E-state index contributed by atoms with van der Waals surface area (Å²) in [5.74, 6) is 0.425. The number of nitrogens with two attached hydrogens (primary N) is 1. The summed E-state index contributed by atoms with van der Waals surface area (Å²) in [6.45, 7) is 0. The smallest absolute Gasteiger partial charge is 0.257 e.